The Morgan fingerprint density at radius 1 is 1.17 bits per heavy atom. The zero-order valence-electron chi connectivity index (χ0n) is 15.8. The van der Waals surface area contributed by atoms with Gasteiger partial charge >= 0.3 is 0 Å². The number of hydrogen-bond donors (Lipinski definition) is 1. The number of carbonyl (C=O) groups excluding carboxylic acids is 1. The number of carbonyl (C=O) groups is 1. The van der Waals surface area contributed by atoms with Crippen LogP contribution in [0.15, 0.2) is 66.0 Å². The lowest BCUT2D eigenvalue weighted by molar-refractivity contribution is 0.104. The molecule has 0 fully saturated rings. The molecular formula is C23H15ClFN3O2. The lowest BCUT2D eigenvalue weighted by atomic mass is 9.94. The maximum Gasteiger partial charge on any atom is 0.260 e. The fourth-order valence-electron chi connectivity index (χ4n) is 3.31. The molecule has 0 atom stereocenters. The van der Waals surface area contributed by atoms with Crippen LogP contribution in [0.25, 0.3) is 28.1 Å². The Morgan fingerprint density at radius 2 is 2.00 bits per heavy atom. The highest BCUT2D eigenvalue weighted by molar-refractivity contribution is 6.31. The van der Waals surface area contributed by atoms with Crippen LogP contribution in [0.1, 0.15) is 21.5 Å². The first-order valence-corrected chi connectivity index (χ1v) is 9.42. The van der Waals surface area contributed by atoms with Gasteiger partial charge in [-0.05, 0) is 48.9 Å². The number of aromatic amines is 1. The van der Waals surface area contributed by atoms with Crippen molar-refractivity contribution >= 4 is 34.4 Å². The van der Waals surface area contributed by atoms with Crippen molar-refractivity contribution in [3.8, 4) is 11.1 Å². The first kappa shape index (κ1) is 19.7. The van der Waals surface area contributed by atoms with Crippen LogP contribution in [-0.4, -0.2) is 20.7 Å². The molecule has 0 unspecified atom stereocenters. The Labute approximate surface area is 175 Å². The SMILES string of the molecule is Cc1cncc(F)c1C=CC(=O)c1c(-c2cccnc2)c2cc(Cl)ccc2[nH]c1=O. The van der Waals surface area contributed by atoms with E-state index in [2.05, 4.69) is 15.0 Å². The van der Waals surface area contributed by atoms with Gasteiger partial charge in [0.15, 0.2) is 5.78 Å². The smallest absolute Gasteiger partial charge is 0.260 e. The summed E-state index contributed by atoms with van der Waals surface area (Å²) in [6, 6.07) is 8.49. The lowest BCUT2D eigenvalue weighted by Gasteiger charge is -2.11. The van der Waals surface area contributed by atoms with Crippen LogP contribution in [0.4, 0.5) is 4.39 Å². The fraction of sp³-hybridized carbons (Fsp3) is 0.0435. The van der Waals surface area contributed by atoms with Gasteiger partial charge in [0.1, 0.15) is 5.82 Å². The lowest BCUT2D eigenvalue weighted by Crippen LogP contribution is -2.18. The first-order valence-electron chi connectivity index (χ1n) is 9.04. The summed E-state index contributed by atoms with van der Waals surface area (Å²) in [6.07, 6.45) is 8.28. The number of allylic oxidation sites excluding steroid dienone is 1. The van der Waals surface area contributed by atoms with Gasteiger partial charge in [-0.25, -0.2) is 4.39 Å². The van der Waals surface area contributed by atoms with Crippen molar-refractivity contribution in [2.75, 3.05) is 0 Å². The molecule has 0 aliphatic rings. The predicted octanol–water partition coefficient (Wildman–Crippen LogP) is 4.98. The predicted molar refractivity (Wildman–Crippen MR) is 115 cm³/mol. The molecule has 0 saturated carbocycles. The molecule has 0 aliphatic heterocycles. The number of ketones is 1. The maximum atomic E-state index is 14.1. The van der Waals surface area contributed by atoms with E-state index in [0.29, 0.717) is 32.6 Å². The molecule has 5 nitrogen and oxygen atoms in total. The molecule has 1 aromatic carbocycles. The monoisotopic (exact) mass is 419 g/mol. The average Bonchev–Trinajstić information content (AvgIpc) is 2.73. The quantitative estimate of drug-likeness (QED) is 0.374. The van der Waals surface area contributed by atoms with Crippen molar-refractivity contribution in [3.05, 3.63) is 99.1 Å². The number of fused-ring (bicyclic) bond motifs is 1. The van der Waals surface area contributed by atoms with E-state index < -0.39 is 17.2 Å². The fourth-order valence-corrected chi connectivity index (χ4v) is 3.48. The van der Waals surface area contributed by atoms with Gasteiger partial charge < -0.3 is 4.98 Å². The minimum Gasteiger partial charge on any atom is -0.321 e. The molecule has 30 heavy (non-hydrogen) atoms. The summed E-state index contributed by atoms with van der Waals surface area (Å²) in [5.41, 5.74) is 1.75. The van der Waals surface area contributed by atoms with Gasteiger partial charge in [-0.1, -0.05) is 17.7 Å². The largest absolute Gasteiger partial charge is 0.321 e. The second kappa shape index (κ2) is 8.00. The van der Waals surface area contributed by atoms with Crippen molar-refractivity contribution in [2.24, 2.45) is 0 Å². The highest BCUT2D eigenvalue weighted by Crippen LogP contribution is 2.31. The average molecular weight is 420 g/mol. The molecule has 0 amide bonds. The maximum absolute atomic E-state index is 14.1. The molecule has 7 heteroatoms. The Morgan fingerprint density at radius 3 is 2.73 bits per heavy atom. The second-order valence-corrected chi connectivity index (χ2v) is 7.12. The summed E-state index contributed by atoms with van der Waals surface area (Å²) >= 11 is 6.17. The van der Waals surface area contributed by atoms with Gasteiger partial charge in [0.05, 0.1) is 11.8 Å². The van der Waals surface area contributed by atoms with Gasteiger partial charge in [0, 0.05) is 51.2 Å². The van der Waals surface area contributed by atoms with E-state index in [1.165, 1.54) is 18.3 Å². The van der Waals surface area contributed by atoms with Gasteiger partial charge in [-0.15, -0.1) is 0 Å². The van der Waals surface area contributed by atoms with E-state index in [9.17, 15) is 14.0 Å². The van der Waals surface area contributed by atoms with Crippen molar-refractivity contribution in [1.82, 2.24) is 15.0 Å². The summed E-state index contributed by atoms with van der Waals surface area (Å²) in [5, 5.41) is 1.07. The molecule has 3 heterocycles. The normalized spacial score (nSPS) is 11.3. The minimum absolute atomic E-state index is 0.0684. The van der Waals surface area contributed by atoms with E-state index in [4.69, 9.17) is 11.6 Å². The zero-order chi connectivity index (χ0) is 21.3. The number of hydrogen-bond acceptors (Lipinski definition) is 4. The number of pyridine rings is 3. The summed E-state index contributed by atoms with van der Waals surface area (Å²) in [4.78, 5) is 36.5. The van der Waals surface area contributed by atoms with Crippen molar-refractivity contribution < 1.29 is 9.18 Å². The second-order valence-electron chi connectivity index (χ2n) is 6.69. The summed E-state index contributed by atoms with van der Waals surface area (Å²) in [5.74, 6) is -1.11. The third-order valence-corrected chi connectivity index (χ3v) is 4.95. The molecule has 148 valence electrons. The zero-order valence-corrected chi connectivity index (χ0v) is 16.6. The number of aromatic nitrogens is 3. The first-order chi connectivity index (χ1) is 14.5. The standard InChI is InChI=1S/C23H15ClFN3O2/c1-13-10-27-12-18(25)16(13)5-7-20(29)22-21(14-3-2-8-26-11-14)17-9-15(24)4-6-19(17)28-23(22)30/h2-12H,1H3,(H,28,30). The molecule has 0 radical (unpaired) electrons. The van der Waals surface area contributed by atoms with Crippen molar-refractivity contribution in [2.45, 2.75) is 6.92 Å². The van der Waals surface area contributed by atoms with Gasteiger partial charge in [-0.2, -0.15) is 0 Å². The van der Waals surface area contributed by atoms with E-state index in [0.717, 1.165) is 6.20 Å². The van der Waals surface area contributed by atoms with Crippen LogP contribution < -0.4 is 5.56 Å². The van der Waals surface area contributed by atoms with Crippen LogP contribution in [0, 0.1) is 12.7 Å². The van der Waals surface area contributed by atoms with Gasteiger partial charge in [0.25, 0.3) is 5.56 Å². The Kier molecular flexibility index (Phi) is 5.25. The van der Waals surface area contributed by atoms with Crippen molar-refractivity contribution in [3.63, 3.8) is 0 Å². The van der Waals surface area contributed by atoms with Crippen molar-refractivity contribution in [1.29, 1.82) is 0 Å². The van der Waals surface area contributed by atoms with E-state index in [-0.39, 0.29) is 11.1 Å². The highest BCUT2D eigenvalue weighted by Gasteiger charge is 2.20. The van der Waals surface area contributed by atoms with Crippen LogP contribution in [0.2, 0.25) is 5.02 Å². The number of H-pyrrole nitrogens is 1. The Balaban J connectivity index is 1.94. The number of aryl methyl sites for hydroxylation is 1. The van der Waals surface area contributed by atoms with Crippen LogP contribution >= 0.6 is 11.6 Å². The molecule has 0 saturated heterocycles. The number of rotatable bonds is 4. The van der Waals surface area contributed by atoms with Gasteiger partial charge in [-0.3, -0.25) is 19.6 Å². The molecular weight excluding hydrogens is 405 g/mol. The number of nitrogens with one attached hydrogen (secondary N) is 1. The minimum atomic E-state index is -0.562. The van der Waals surface area contributed by atoms with E-state index >= 15 is 0 Å². The van der Waals surface area contributed by atoms with E-state index in [1.54, 1.807) is 49.6 Å². The molecule has 0 bridgehead atoms. The molecule has 3 aromatic heterocycles. The molecule has 4 aromatic rings. The summed E-state index contributed by atoms with van der Waals surface area (Å²) in [7, 11) is 0. The topological polar surface area (TPSA) is 75.7 Å². The molecule has 4 rings (SSSR count). The highest BCUT2D eigenvalue weighted by atomic mass is 35.5. The molecule has 1 N–H and O–H groups in total. The Hall–Kier alpha value is -3.64. The van der Waals surface area contributed by atoms with Crippen LogP contribution in [0.3, 0.4) is 0 Å². The van der Waals surface area contributed by atoms with E-state index in [1.807, 2.05) is 0 Å². The summed E-state index contributed by atoms with van der Waals surface area (Å²) < 4.78 is 14.1. The third-order valence-electron chi connectivity index (χ3n) is 4.71. The van der Waals surface area contributed by atoms with Crippen LogP contribution in [0.5, 0.6) is 0 Å². The number of halogens is 2. The molecule has 0 aliphatic carbocycles. The number of benzene rings is 1. The van der Waals surface area contributed by atoms with Gasteiger partial charge in [0.2, 0.25) is 0 Å². The Bertz CT molecular complexity index is 1340. The summed E-state index contributed by atoms with van der Waals surface area (Å²) in [6.45, 7) is 1.69. The third kappa shape index (κ3) is 3.65. The van der Waals surface area contributed by atoms with Crippen LogP contribution in [-0.2, 0) is 0 Å². The molecule has 0 spiro atoms. The number of nitrogens with zero attached hydrogens (tertiary/aromatic N) is 2.